The summed E-state index contributed by atoms with van der Waals surface area (Å²) < 4.78 is 0. The molecule has 0 aromatic heterocycles. The van der Waals surface area contributed by atoms with E-state index in [1.807, 2.05) is 0 Å². The van der Waals surface area contributed by atoms with Crippen molar-refractivity contribution >= 4 is 0 Å². The Kier molecular flexibility index (Phi) is 4.81. The summed E-state index contributed by atoms with van der Waals surface area (Å²) in [7, 11) is 0. The molecule has 0 radical (unpaired) electrons. The molecule has 2 nitrogen and oxygen atoms in total. The van der Waals surface area contributed by atoms with Gasteiger partial charge in [-0.3, -0.25) is 11.3 Å². The molecule has 0 spiro atoms. The van der Waals surface area contributed by atoms with Crippen LogP contribution in [0.15, 0.2) is 0 Å². The van der Waals surface area contributed by atoms with Crippen LogP contribution in [0.2, 0.25) is 0 Å². The van der Waals surface area contributed by atoms with Crippen molar-refractivity contribution in [3.8, 4) is 0 Å². The van der Waals surface area contributed by atoms with E-state index in [2.05, 4.69) is 5.43 Å². The molecule has 0 amide bonds. The number of hydrogen-bond donors (Lipinski definition) is 2. The van der Waals surface area contributed by atoms with Gasteiger partial charge in [0.25, 0.3) is 0 Å². The third-order valence-corrected chi connectivity index (χ3v) is 6.36. The topological polar surface area (TPSA) is 38.0 Å². The van der Waals surface area contributed by atoms with Gasteiger partial charge in [0.2, 0.25) is 0 Å². The van der Waals surface area contributed by atoms with Crippen molar-refractivity contribution < 1.29 is 0 Å². The molecular formula is C17H32N2. The van der Waals surface area contributed by atoms with E-state index >= 15 is 0 Å². The second-order valence-electron chi connectivity index (χ2n) is 7.62. The summed E-state index contributed by atoms with van der Waals surface area (Å²) >= 11 is 0. The van der Waals surface area contributed by atoms with Crippen LogP contribution in [0.3, 0.4) is 0 Å². The molecule has 110 valence electrons. The lowest BCUT2D eigenvalue weighted by atomic mass is 9.81. The number of nitrogens with one attached hydrogen (secondary N) is 1. The van der Waals surface area contributed by atoms with Gasteiger partial charge in [-0.1, -0.05) is 38.5 Å². The first-order chi connectivity index (χ1) is 9.35. The van der Waals surface area contributed by atoms with Gasteiger partial charge in [-0.25, -0.2) is 0 Å². The Morgan fingerprint density at radius 3 is 2.47 bits per heavy atom. The van der Waals surface area contributed by atoms with E-state index in [1.54, 1.807) is 0 Å². The molecule has 2 bridgehead atoms. The molecule has 3 rings (SSSR count). The van der Waals surface area contributed by atoms with Crippen molar-refractivity contribution in [2.24, 2.45) is 29.5 Å². The van der Waals surface area contributed by atoms with E-state index in [-0.39, 0.29) is 0 Å². The largest absolute Gasteiger partial charge is 0.271 e. The second kappa shape index (κ2) is 6.58. The molecule has 0 saturated heterocycles. The molecule has 3 N–H and O–H groups in total. The van der Waals surface area contributed by atoms with E-state index in [0.717, 1.165) is 23.7 Å². The fraction of sp³-hybridized carbons (Fsp3) is 1.00. The predicted molar refractivity (Wildman–Crippen MR) is 80.5 cm³/mol. The van der Waals surface area contributed by atoms with Crippen molar-refractivity contribution in [2.75, 3.05) is 0 Å². The molecule has 0 aliphatic heterocycles. The number of nitrogens with two attached hydrogens (primary N) is 1. The molecule has 0 heterocycles. The van der Waals surface area contributed by atoms with Gasteiger partial charge in [0.1, 0.15) is 0 Å². The predicted octanol–water partition coefficient (Wildman–Crippen LogP) is 4.01. The average Bonchev–Trinajstić information content (AvgIpc) is 3.07. The molecular weight excluding hydrogens is 232 g/mol. The van der Waals surface area contributed by atoms with Gasteiger partial charge in [-0.05, 0) is 62.2 Å². The van der Waals surface area contributed by atoms with E-state index in [0.29, 0.717) is 6.04 Å². The van der Waals surface area contributed by atoms with E-state index < -0.39 is 0 Å². The fourth-order valence-electron chi connectivity index (χ4n) is 5.21. The van der Waals surface area contributed by atoms with Crippen LogP contribution in [0.4, 0.5) is 0 Å². The van der Waals surface area contributed by atoms with Crippen LogP contribution in [0.25, 0.3) is 0 Å². The summed E-state index contributed by atoms with van der Waals surface area (Å²) in [5, 5.41) is 0. The van der Waals surface area contributed by atoms with Crippen LogP contribution in [-0.2, 0) is 0 Å². The molecule has 3 fully saturated rings. The van der Waals surface area contributed by atoms with Gasteiger partial charge in [-0.2, -0.15) is 0 Å². The third kappa shape index (κ3) is 3.52. The van der Waals surface area contributed by atoms with Crippen molar-refractivity contribution in [1.82, 2.24) is 5.43 Å². The zero-order chi connectivity index (χ0) is 13.1. The van der Waals surface area contributed by atoms with Crippen molar-refractivity contribution in [3.63, 3.8) is 0 Å². The summed E-state index contributed by atoms with van der Waals surface area (Å²) in [6.45, 7) is 0. The average molecular weight is 264 g/mol. The van der Waals surface area contributed by atoms with Crippen LogP contribution < -0.4 is 11.3 Å². The lowest BCUT2D eigenvalue weighted by molar-refractivity contribution is 0.253. The van der Waals surface area contributed by atoms with Crippen LogP contribution >= 0.6 is 0 Å². The van der Waals surface area contributed by atoms with Gasteiger partial charge >= 0.3 is 0 Å². The zero-order valence-electron chi connectivity index (χ0n) is 12.4. The van der Waals surface area contributed by atoms with Gasteiger partial charge in [0.05, 0.1) is 0 Å². The Hall–Kier alpha value is -0.0800. The lowest BCUT2D eigenvalue weighted by Crippen LogP contribution is -2.37. The van der Waals surface area contributed by atoms with E-state index in [1.165, 1.54) is 77.0 Å². The maximum absolute atomic E-state index is 5.81. The minimum absolute atomic E-state index is 0.589. The fourth-order valence-corrected chi connectivity index (χ4v) is 5.21. The smallest absolute Gasteiger partial charge is 0.0213 e. The zero-order valence-corrected chi connectivity index (χ0v) is 12.4. The molecule has 0 aromatic rings. The molecule has 19 heavy (non-hydrogen) atoms. The summed E-state index contributed by atoms with van der Waals surface area (Å²) in [6.07, 6.45) is 17.5. The van der Waals surface area contributed by atoms with Crippen molar-refractivity contribution in [3.05, 3.63) is 0 Å². The summed E-state index contributed by atoms with van der Waals surface area (Å²) in [5.74, 6) is 9.94. The Morgan fingerprint density at radius 1 is 1.00 bits per heavy atom. The van der Waals surface area contributed by atoms with Crippen molar-refractivity contribution in [1.29, 1.82) is 0 Å². The van der Waals surface area contributed by atoms with Crippen LogP contribution in [0, 0.1) is 23.7 Å². The molecule has 3 aliphatic carbocycles. The minimum Gasteiger partial charge on any atom is -0.271 e. The van der Waals surface area contributed by atoms with Gasteiger partial charge in [0, 0.05) is 6.04 Å². The summed E-state index contributed by atoms with van der Waals surface area (Å²) in [6, 6.07) is 0.589. The molecule has 4 unspecified atom stereocenters. The first-order valence-electron chi connectivity index (χ1n) is 8.81. The quantitative estimate of drug-likeness (QED) is 0.562. The Labute approximate surface area is 118 Å². The van der Waals surface area contributed by atoms with Crippen LogP contribution in [0.1, 0.15) is 77.0 Å². The Morgan fingerprint density at radius 2 is 1.84 bits per heavy atom. The van der Waals surface area contributed by atoms with Crippen LogP contribution in [-0.4, -0.2) is 6.04 Å². The molecule has 0 aromatic carbocycles. The standard InChI is InChI=1S/C17H32N2/c18-19-17(9-7-13-4-2-1-3-5-13)12-16-11-14-6-8-15(16)10-14/h13-17,19H,1-12,18H2. The maximum Gasteiger partial charge on any atom is 0.0213 e. The minimum atomic E-state index is 0.589. The van der Waals surface area contributed by atoms with E-state index in [4.69, 9.17) is 5.84 Å². The molecule has 2 heteroatoms. The highest BCUT2D eigenvalue weighted by Gasteiger charge is 2.39. The normalized spacial score (nSPS) is 36.8. The SMILES string of the molecule is NNC(CCC1CCCCC1)CC1CC2CCC1C2. The molecule has 4 atom stereocenters. The number of fused-ring (bicyclic) bond motifs is 2. The Bertz CT molecular complexity index is 272. The number of rotatable bonds is 6. The van der Waals surface area contributed by atoms with Gasteiger partial charge < -0.3 is 0 Å². The number of hydrogen-bond acceptors (Lipinski definition) is 2. The van der Waals surface area contributed by atoms with Crippen LogP contribution in [0.5, 0.6) is 0 Å². The maximum atomic E-state index is 5.81. The third-order valence-electron chi connectivity index (χ3n) is 6.36. The molecule has 3 saturated carbocycles. The first-order valence-corrected chi connectivity index (χ1v) is 8.81. The van der Waals surface area contributed by atoms with Gasteiger partial charge in [-0.15, -0.1) is 0 Å². The van der Waals surface area contributed by atoms with E-state index in [9.17, 15) is 0 Å². The van der Waals surface area contributed by atoms with Gasteiger partial charge in [0.15, 0.2) is 0 Å². The first kappa shape index (κ1) is 13.9. The monoisotopic (exact) mass is 264 g/mol. The highest BCUT2D eigenvalue weighted by atomic mass is 15.2. The highest BCUT2D eigenvalue weighted by Crippen LogP contribution is 2.50. The highest BCUT2D eigenvalue weighted by molar-refractivity contribution is 4.91. The number of hydrazine groups is 1. The summed E-state index contributed by atoms with van der Waals surface area (Å²) in [4.78, 5) is 0. The Balaban J connectivity index is 1.40. The second-order valence-corrected chi connectivity index (χ2v) is 7.62. The lowest BCUT2D eigenvalue weighted by Gasteiger charge is -2.28. The van der Waals surface area contributed by atoms with Crippen molar-refractivity contribution in [2.45, 2.75) is 83.1 Å². The summed E-state index contributed by atoms with van der Waals surface area (Å²) in [5.41, 5.74) is 3.13. The molecule has 3 aliphatic rings.